The van der Waals surface area contributed by atoms with E-state index in [1.54, 1.807) is 12.1 Å². The molecule has 1 heterocycles. The van der Waals surface area contributed by atoms with Gasteiger partial charge in [0.15, 0.2) is 0 Å². The lowest BCUT2D eigenvalue weighted by atomic mass is 10.1. The highest BCUT2D eigenvalue weighted by Crippen LogP contribution is 2.12. The van der Waals surface area contributed by atoms with E-state index in [9.17, 15) is 0 Å². The molecule has 0 radical (unpaired) electrons. The largest absolute Gasteiger partial charge is 0.508 e. The summed E-state index contributed by atoms with van der Waals surface area (Å²) in [6.07, 6.45) is 7.66. The zero-order valence-electron chi connectivity index (χ0n) is 9.09. The number of rotatable bonds is 2. The van der Waals surface area contributed by atoms with Crippen molar-refractivity contribution in [3.63, 3.8) is 0 Å². The summed E-state index contributed by atoms with van der Waals surface area (Å²) < 4.78 is 0. The normalized spacial score (nSPS) is 10.8. The molecule has 16 heavy (non-hydrogen) atoms. The molecule has 2 aromatic rings. The molecule has 0 saturated carbocycles. The molecule has 0 aliphatic rings. The van der Waals surface area contributed by atoms with Crippen LogP contribution in [0.2, 0.25) is 0 Å². The van der Waals surface area contributed by atoms with E-state index in [1.807, 2.05) is 43.6 Å². The molecule has 0 saturated heterocycles. The van der Waals surface area contributed by atoms with Crippen LogP contribution < -0.4 is 0 Å². The maximum absolute atomic E-state index is 9.14. The van der Waals surface area contributed by atoms with E-state index in [4.69, 9.17) is 5.11 Å². The van der Waals surface area contributed by atoms with Crippen molar-refractivity contribution in [1.82, 2.24) is 4.98 Å². The third kappa shape index (κ3) is 2.70. The molecule has 0 bridgehead atoms. The molecule has 1 aromatic heterocycles. The van der Waals surface area contributed by atoms with Crippen molar-refractivity contribution in [3.8, 4) is 5.75 Å². The van der Waals surface area contributed by atoms with Crippen LogP contribution >= 0.6 is 0 Å². The molecule has 0 aliphatic carbocycles. The molecule has 0 unspecified atom stereocenters. The van der Waals surface area contributed by atoms with E-state index in [2.05, 4.69) is 11.1 Å². The number of aryl methyl sites for hydroxylation is 1. The fraction of sp³-hybridized carbons (Fsp3) is 0.0714. The Bertz CT molecular complexity index is 500. The Morgan fingerprint density at radius 1 is 1.00 bits per heavy atom. The number of pyridine rings is 1. The fourth-order valence-corrected chi connectivity index (χ4v) is 1.45. The van der Waals surface area contributed by atoms with Crippen molar-refractivity contribution in [3.05, 3.63) is 59.4 Å². The molecule has 0 amide bonds. The van der Waals surface area contributed by atoms with Gasteiger partial charge >= 0.3 is 0 Å². The molecular formula is C14H13NO. The number of benzene rings is 1. The minimum absolute atomic E-state index is 0.286. The highest BCUT2D eigenvalue weighted by atomic mass is 16.3. The third-order valence-corrected chi connectivity index (χ3v) is 2.26. The Morgan fingerprint density at radius 2 is 1.69 bits per heavy atom. The molecule has 2 heteroatoms. The van der Waals surface area contributed by atoms with Crippen molar-refractivity contribution in [2.24, 2.45) is 0 Å². The van der Waals surface area contributed by atoms with Crippen LogP contribution in [0.25, 0.3) is 12.2 Å². The van der Waals surface area contributed by atoms with Gasteiger partial charge in [-0.3, -0.25) is 4.98 Å². The van der Waals surface area contributed by atoms with Crippen LogP contribution in [0.5, 0.6) is 5.75 Å². The second-order valence-electron chi connectivity index (χ2n) is 3.72. The summed E-state index contributed by atoms with van der Waals surface area (Å²) >= 11 is 0. The van der Waals surface area contributed by atoms with Gasteiger partial charge in [-0.2, -0.15) is 0 Å². The summed E-state index contributed by atoms with van der Waals surface area (Å²) in [5.74, 6) is 0.286. The number of phenols is 1. The van der Waals surface area contributed by atoms with Gasteiger partial charge in [0.2, 0.25) is 0 Å². The van der Waals surface area contributed by atoms with E-state index < -0.39 is 0 Å². The summed E-state index contributed by atoms with van der Waals surface area (Å²) in [5.41, 5.74) is 3.28. The Balaban J connectivity index is 2.18. The first-order chi connectivity index (χ1) is 7.74. The SMILES string of the molecule is Cc1cncc(/C=C/c2ccc(O)cc2)c1. The number of hydrogen-bond donors (Lipinski definition) is 1. The average molecular weight is 211 g/mol. The molecule has 0 atom stereocenters. The lowest BCUT2D eigenvalue weighted by molar-refractivity contribution is 0.475. The second-order valence-corrected chi connectivity index (χ2v) is 3.72. The van der Waals surface area contributed by atoms with Crippen molar-refractivity contribution in [2.75, 3.05) is 0 Å². The zero-order valence-corrected chi connectivity index (χ0v) is 9.09. The molecular weight excluding hydrogens is 198 g/mol. The summed E-state index contributed by atoms with van der Waals surface area (Å²) in [4.78, 5) is 4.12. The van der Waals surface area contributed by atoms with Crippen LogP contribution in [0.4, 0.5) is 0 Å². The predicted octanol–water partition coefficient (Wildman–Crippen LogP) is 3.27. The lowest BCUT2D eigenvalue weighted by Crippen LogP contribution is -1.79. The van der Waals surface area contributed by atoms with Crippen LogP contribution in [-0.4, -0.2) is 10.1 Å². The van der Waals surface area contributed by atoms with Crippen LogP contribution in [0.3, 0.4) is 0 Å². The molecule has 80 valence electrons. The number of nitrogens with zero attached hydrogens (tertiary/aromatic N) is 1. The summed E-state index contributed by atoms with van der Waals surface area (Å²) in [6.45, 7) is 2.02. The molecule has 0 aliphatic heterocycles. The van der Waals surface area contributed by atoms with Gasteiger partial charge in [0.1, 0.15) is 5.75 Å². The van der Waals surface area contributed by atoms with Gasteiger partial charge in [0.25, 0.3) is 0 Å². The molecule has 0 fully saturated rings. The lowest BCUT2D eigenvalue weighted by Gasteiger charge is -1.96. The van der Waals surface area contributed by atoms with Crippen LogP contribution in [0.15, 0.2) is 42.7 Å². The van der Waals surface area contributed by atoms with Gasteiger partial charge in [-0.15, -0.1) is 0 Å². The average Bonchev–Trinajstić information content (AvgIpc) is 2.28. The number of aromatic nitrogens is 1. The Labute approximate surface area is 94.9 Å². The molecule has 0 spiro atoms. The van der Waals surface area contributed by atoms with Gasteiger partial charge in [-0.1, -0.05) is 24.3 Å². The first-order valence-electron chi connectivity index (χ1n) is 5.13. The quantitative estimate of drug-likeness (QED) is 0.827. The monoisotopic (exact) mass is 211 g/mol. The summed E-state index contributed by atoms with van der Waals surface area (Å²) in [6, 6.07) is 9.16. The van der Waals surface area contributed by atoms with Crippen LogP contribution in [0.1, 0.15) is 16.7 Å². The number of phenolic OH excluding ortho intramolecular Hbond substituents is 1. The minimum Gasteiger partial charge on any atom is -0.508 e. The third-order valence-electron chi connectivity index (χ3n) is 2.26. The van der Waals surface area contributed by atoms with Crippen molar-refractivity contribution < 1.29 is 5.11 Å². The van der Waals surface area contributed by atoms with E-state index in [-0.39, 0.29) is 5.75 Å². The Hall–Kier alpha value is -2.09. The van der Waals surface area contributed by atoms with E-state index in [0.29, 0.717) is 0 Å². The smallest absolute Gasteiger partial charge is 0.115 e. The summed E-state index contributed by atoms with van der Waals surface area (Å²) in [7, 11) is 0. The van der Waals surface area contributed by atoms with E-state index >= 15 is 0 Å². The van der Waals surface area contributed by atoms with Crippen LogP contribution in [-0.2, 0) is 0 Å². The molecule has 1 aromatic carbocycles. The van der Waals surface area contributed by atoms with Gasteiger partial charge in [0.05, 0.1) is 0 Å². The maximum atomic E-state index is 9.14. The van der Waals surface area contributed by atoms with Crippen LogP contribution in [0, 0.1) is 6.92 Å². The first-order valence-corrected chi connectivity index (χ1v) is 5.13. The topological polar surface area (TPSA) is 33.1 Å². The maximum Gasteiger partial charge on any atom is 0.115 e. The van der Waals surface area contributed by atoms with Crippen molar-refractivity contribution in [1.29, 1.82) is 0 Å². The van der Waals surface area contributed by atoms with E-state index in [0.717, 1.165) is 16.7 Å². The summed E-state index contributed by atoms with van der Waals surface area (Å²) in [5, 5.41) is 9.14. The van der Waals surface area contributed by atoms with Gasteiger partial charge in [-0.05, 0) is 41.8 Å². The fourth-order valence-electron chi connectivity index (χ4n) is 1.45. The van der Waals surface area contributed by atoms with Crippen molar-refractivity contribution in [2.45, 2.75) is 6.92 Å². The van der Waals surface area contributed by atoms with Gasteiger partial charge in [-0.25, -0.2) is 0 Å². The highest BCUT2D eigenvalue weighted by Gasteiger charge is 1.90. The number of aromatic hydroxyl groups is 1. The molecule has 1 N–H and O–H groups in total. The highest BCUT2D eigenvalue weighted by molar-refractivity contribution is 5.69. The second kappa shape index (κ2) is 4.62. The van der Waals surface area contributed by atoms with E-state index in [1.165, 1.54) is 0 Å². The standard InChI is InChI=1S/C14H13NO/c1-11-8-13(10-15-9-11)3-2-12-4-6-14(16)7-5-12/h2-10,16H,1H3/b3-2+. The van der Waals surface area contributed by atoms with Gasteiger partial charge < -0.3 is 5.11 Å². The molecule has 2 rings (SSSR count). The zero-order chi connectivity index (χ0) is 11.4. The van der Waals surface area contributed by atoms with Crippen molar-refractivity contribution >= 4 is 12.2 Å². The minimum atomic E-state index is 0.286. The Kier molecular flexibility index (Phi) is 3.01. The number of hydrogen-bond acceptors (Lipinski definition) is 2. The molecule has 2 nitrogen and oxygen atoms in total. The predicted molar refractivity (Wildman–Crippen MR) is 66.0 cm³/mol. The van der Waals surface area contributed by atoms with Gasteiger partial charge in [0, 0.05) is 12.4 Å². The Morgan fingerprint density at radius 3 is 2.38 bits per heavy atom. The first kappa shape index (κ1) is 10.4.